The van der Waals surface area contributed by atoms with Gasteiger partial charge in [-0.15, -0.1) is 5.10 Å². The Morgan fingerprint density at radius 1 is 1.00 bits per heavy atom. The van der Waals surface area contributed by atoms with Crippen molar-refractivity contribution >= 4 is 38.3 Å². The fourth-order valence-corrected chi connectivity index (χ4v) is 4.06. The van der Waals surface area contributed by atoms with Crippen molar-refractivity contribution in [3.63, 3.8) is 0 Å². The van der Waals surface area contributed by atoms with E-state index in [-0.39, 0.29) is 10.8 Å². The van der Waals surface area contributed by atoms with E-state index < -0.39 is 15.8 Å². The molecule has 10 heteroatoms. The third-order valence-corrected chi connectivity index (χ3v) is 5.99. The Bertz CT molecular complexity index is 1350. The number of anilines is 2. The van der Waals surface area contributed by atoms with Crippen LogP contribution in [0.5, 0.6) is 0 Å². The highest BCUT2D eigenvalue weighted by Crippen LogP contribution is 2.20. The Morgan fingerprint density at radius 2 is 1.68 bits per heavy atom. The number of carbonyl (C=O) groups excluding carboxylic acids is 1. The second-order valence-corrected chi connectivity index (χ2v) is 8.38. The molecule has 2 N–H and O–H groups in total. The first kappa shape index (κ1) is 20.5. The molecule has 0 aliphatic heterocycles. The number of hydrogen-bond donors (Lipinski definition) is 2. The molecule has 0 bridgehead atoms. The fourth-order valence-electron chi connectivity index (χ4n) is 3.00. The van der Waals surface area contributed by atoms with Crippen LogP contribution in [0.15, 0.2) is 71.6 Å². The Labute approximate surface area is 177 Å². The van der Waals surface area contributed by atoms with Crippen LogP contribution < -0.4 is 10.0 Å². The predicted octanol–water partition coefficient (Wildman–Crippen LogP) is 3.64. The molecule has 31 heavy (non-hydrogen) atoms. The molecule has 1 heterocycles. The molecule has 0 aliphatic carbocycles. The van der Waals surface area contributed by atoms with E-state index in [0.717, 1.165) is 17.6 Å². The number of carbonyl (C=O) groups is 1. The van der Waals surface area contributed by atoms with Gasteiger partial charge in [-0.2, -0.15) is 0 Å². The zero-order valence-electron chi connectivity index (χ0n) is 16.4. The van der Waals surface area contributed by atoms with E-state index in [4.69, 9.17) is 0 Å². The normalized spacial score (nSPS) is 11.4. The highest BCUT2D eigenvalue weighted by Gasteiger charge is 2.15. The molecule has 4 aromatic rings. The molecule has 158 valence electrons. The van der Waals surface area contributed by atoms with Gasteiger partial charge in [-0.3, -0.25) is 9.52 Å². The maximum atomic E-state index is 13.0. The topological polar surface area (TPSA) is 106 Å². The maximum Gasteiger partial charge on any atom is 0.261 e. The molecule has 0 radical (unpaired) electrons. The number of halogens is 1. The van der Waals surface area contributed by atoms with Gasteiger partial charge in [0, 0.05) is 23.5 Å². The van der Waals surface area contributed by atoms with Crippen LogP contribution >= 0.6 is 0 Å². The number of nitrogens with zero attached hydrogens (tertiary/aromatic N) is 3. The molecule has 0 unspecified atom stereocenters. The smallest absolute Gasteiger partial charge is 0.261 e. The summed E-state index contributed by atoms with van der Waals surface area (Å²) in [5.41, 5.74) is 2.69. The summed E-state index contributed by atoms with van der Waals surface area (Å²) < 4.78 is 41.9. The summed E-state index contributed by atoms with van der Waals surface area (Å²) in [5, 5.41) is 10.8. The third-order valence-electron chi connectivity index (χ3n) is 4.59. The van der Waals surface area contributed by atoms with Crippen LogP contribution in [0, 0.1) is 5.82 Å². The second kappa shape index (κ2) is 8.15. The minimum absolute atomic E-state index is 0.0540. The molecule has 8 nitrogen and oxygen atoms in total. The van der Waals surface area contributed by atoms with Crippen LogP contribution in [0.1, 0.15) is 17.3 Å². The van der Waals surface area contributed by atoms with Crippen molar-refractivity contribution < 1.29 is 17.6 Å². The summed E-state index contributed by atoms with van der Waals surface area (Å²) in [6.07, 6.45) is 0. The van der Waals surface area contributed by atoms with E-state index in [1.165, 1.54) is 24.3 Å². The SMILES string of the molecule is CCn1nnc2cc(C(=O)Nc3ccc(NS(=O)(=O)c4ccc(F)cc4)cc3)ccc21. The lowest BCUT2D eigenvalue weighted by atomic mass is 10.1. The van der Waals surface area contributed by atoms with E-state index in [1.54, 1.807) is 35.0 Å². The highest BCUT2D eigenvalue weighted by molar-refractivity contribution is 7.92. The first-order chi connectivity index (χ1) is 14.9. The lowest BCUT2D eigenvalue weighted by molar-refractivity contribution is 0.102. The van der Waals surface area contributed by atoms with Crippen LogP contribution in [-0.4, -0.2) is 29.3 Å². The van der Waals surface area contributed by atoms with Gasteiger partial charge < -0.3 is 5.32 Å². The van der Waals surface area contributed by atoms with Crippen molar-refractivity contribution in [3.05, 3.63) is 78.1 Å². The number of nitrogens with one attached hydrogen (secondary N) is 2. The Balaban J connectivity index is 1.45. The molecule has 3 aromatic carbocycles. The van der Waals surface area contributed by atoms with Gasteiger partial charge in [0.05, 0.1) is 10.4 Å². The number of aryl methyl sites for hydroxylation is 1. The van der Waals surface area contributed by atoms with Gasteiger partial charge in [0.2, 0.25) is 0 Å². The highest BCUT2D eigenvalue weighted by atomic mass is 32.2. The Hall–Kier alpha value is -3.79. The van der Waals surface area contributed by atoms with Crippen LogP contribution in [0.4, 0.5) is 15.8 Å². The minimum Gasteiger partial charge on any atom is -0.322 e. The number of aromatic nitrogens is 3. The van der Waals surface area contributed by atoms with Gasteiger partial charge in [-0.05, 0) is 73.7 Å². The first-order valence-electron chi connectivity index (χ1n) is 9.39. The number of hydrogen-bond acceptors (Lipinski definition) is 5. The van der Waals surface area contributed by atoms with Gasteiger partial charge in [-0.25, -0.2) is 17.5 Å². The zero-order valence-corrected chi connectivity index (χ0v) is 17.2. The number of amides is 1. The van der Waals surface area contributed by atoms with Crippen LogP contribution in [0.2, 0.25) is 0 Å². The summed E-state index contributed by atoms with van der Waals surface area (Å²) in [6, 6.07) is 15.9. The van der Waals surface area contributed by atoms with E-state index in [2.05, 4.69) is 20.4 Å². The Morgan fingerprint density at radius 3 is 2.35 bits per heavy atom. The molecular weight excluding hydrogens is 421 g/mol. The second-order valence-electron chi connectivity index (χ2n) is 6.70. The Kier molecular flexibility index (Phi) is 5.38. The summed E-state index contributed by atoms with van der Waals surface area (Å²) in [7, 11) is -3.85. The van der Waals surface area contributed by atoms with E-state index in [9.17, 15) is 17.6 Å². The van der Waals surface area contributed by atoms with Crippen molar-refractivity contribution in [3.8, 4) is 0 Å². The van der Waals surface area contributed by atoms with Gasteiger partial charge in [0.15, 0.2) is 0 Å². The molecule has 0 saturated heterocycles. The summed E-state index contributed by atoms with van der Waals surface area (Å²) in [5.74, 6) is -0.847. The van der Waals surface area contributed by atoms with Crippen molar-refractivity contribution in [2.24, 2.45) is 0 Å². The average molecular weight is 439 g/mol. The molecule has 4 rings (SSSR count). The minimum atomic E-state index is -3.85. The summed E-state index contributed by atoms with van der Waals surface area (Å²) >= 11 is 0. The lowest BCUT2D eigenvalue weighted by Gasteiger charge is -2.10. The van der Waals surface area contributed by atoms with E-state index in [1.807, 2.05) is 6.92 Å². The lowest BCUT2D eigenvalue weighted by Crippen LogP contribution is -2.14. The van der Waals surface area contributed by atoms with E-state index in [0.29, 0.717) is 29.0 Å². The molecule has 1 amide bonds. The predicted molar refractivity (Wildman–Crippen MR) is 115 cm³/mol. The number of benzene rings is 3. The van der Waals surface area contributed by atoms with Crippen molar-refractivity contribution in [1.29, 1.82) is 0 Å². The number of rotatable bonds is 6. The van der Waals surface area contributed by atoms with Crippen LogP contribution in [0.25, 0.3) is 11.0 Å². The molecule has 0 saturated carbocycles. The third kappa shape index (κ3) is 4.38. The van der Waals surface area contributed by atoms with Gasteiger partial charge >= 0.3 is 0 Å². The molecule has 0 aliphatic rings. The fraction of sp³-hybridized carbons (Fsp3) is 0.0952. The number of fused-ring (bicyclic) bond motifs is 1. The molecule has 1 aromatic heterocycles. The monoisotopic (exact) mass is 439 g/mol. The maximum absolute atomic E-state index is 13.0. The molecule has 0 spiro atoms. The molecule has 0 atom stereocenters. The van der Waals surface area contributed by atoms with Crippen molar-refractivity contribution in [2.75, 3.05) is 10.0 Å². The summed E-state index contributed by atoms with van der Waals surface area (Å²) in [6.45, 7) is 2.64. The zero-order chi connectivity index (χ0) is 22.0. The van der Waals surface area contributed by atoms with Crippen molar-refractivity contribution in [2.45, 2.75) is 18.4 Å². The van der Waals surface area contributed by atoms with Gasteiger partial charge in [-0.1, -0.05) is 5.21 Å². The largest absolute Gasteiger partial charge is 0.322 e. The summed E-state index contributed by atoms with van der Waals surface area (Å²) in [4.78, 5) is 12.5. The van der Waals surface area contributed by atoms with E-state index >= 15 is 0 Å². The first-order valence-corrected chi connectivity index (χ1v) is 10.9. The van der Waals surface area contributed by atoms with Crippen molar-refractivity contribution in [1.82, 2.24) is 15.0 Å². The van der Waals surface area contributed by atoms with Gasteiger partial charge in [0.25, 0.3) is 15.9 Å². The average Bonchev–Trinajstić information content (AvgIpc) is 3.17. The van der Waals surface area contributed by atoms with Crippen LogP contribution in [0.3, 0.4) is 0 Å². The number of sulfonamides is 1. The van der Waals surface area contributed by atoms with Crippen LogP contribution in [-0.2, 0) is 16.6 Å². The standard InChI is InChI=1S/C21H18FN5O3S/c1-2-27-20-12-3-14(13-19(20)24-26-27)21(28)23-16-6-8-17(9-7-16)25-31(29,30)18-10-4-15(22)5-11-18/h3-13,25H,2H2,1H3,(H,23,28). The van der Waals surface area contributed by atoms with Gasteiger partial charge in [0.1, 0.15) is 11.3 Å². The molecule has 0 fully saturated rings. The quantitative estimate of drug-likeness (QED) is 0.477. The molecular formula is C21H18FN5O3S.